The van der Waals surface area contributed by atoms with Crippen molar-refractivity contribution in [2.45, 2.75) is 25.7 Å². The van der Waals surface area contributed by atoms with Crippen LogP contribution in [0.15, 0.2) is 146 Å². The fourth-order valence-electron chi connectivity index (χ4n) is 8.72. The monoisotopic (exact) mass is 584 g/mol. The zero-order chi connectivity index (χ0) is 30.6. The van der Waals surface area contributed by atoms with Crippen LogP contribution in [-0.4, -0.2) is 0 Å². The quantitative estimate of drug-likeness (QED) is 0.177. The molecule has 0 unspecified atom stereocenters. The van der Waals surface area contributed by atoms with Crippen molar-refractivity contribution in [1.82, 2.24) is 0 Å². The lowest BCUT2D eigenvalue weighted by Gasteiger charge is -2.22. The maximum atomic E-state index is 2.47. The Morgan fingerprint density at radius 3 is 1.46 bits per heavy atom. The van der Waals surface area contributed by atoms with Gasteiger partial charge >= 0.3 is 0 Å². The second-order valence-electron chi connectivity index (χ2n) is 13.6. The normalized spacial score (nSPS) is 14.0. The average molecular weight is 585 g/mol. The summed E-state index contributed by atoms with van der Waals surface area (Å²) in [4.78, 5) is 0. The summed E-state index contributed by atoms with van der Waals surface area (Å²) in [7, 11) is 0. The molecule has 0 saturated carbocycles. The highest BCUT2D eigenvalue weighted by Gasteiger charge is 2.35. The third-order valence-corrected chi connectivity index (χ3v) is 10.9. The zero-order valence-corrected chi connectivity index (χ0v) is 26.1. The van der Waals surface area contributed by atoms with Gasteiger partial charge in [-0.15, -0.1) is 0 Å². The van der Waals surface area contributed by atoms with Crippen LogP contribution >= 0.6 is 0 Å². The first kappa shape index (κ1) is 25.8. The third-order valence-electron chi connectivity index (χ3n) is 10.9. The van der Waals surface area contributed by atoms with Crippen LogP contribution in [0.2, 0.25) is 0 Å². The second-order valence-corrected chi connectivity index (χ2v) is 13.6. The van der Waals surface area contributed by atoms with Crippen LogP contribution in [0.1, 0.15) is 36.1 Å². The van der Waals surface area contributed by atoms with Crippen LogP contribution in [0.4, 0.5) is 0 Å². The minimum Gasteiger partial charge on any atom is -0.0619 e. The third kappa shape index (κ3) is 3.45. The fraction of sp³-hybridized carbons (Fsp3) is 0.0870. The minimum absolute atomic E-state index is 0.0123. The molecule has 0 heterocycles. The van der Waals surface area contributed by atoms with Crippen LogP contribution in [0, 0.1) is 0 Å². The summed E-state index contributed by atoms with van der Waals surface area (Å²) >= 11 is 0. The molecule has 0 aromatic heterocycles. The molecule has 8 aromatic rings. The first-order valence-electron chi connectivity index (χ1n) is 16.4. The Kier molecular flexibility index (Phi) is 5.21. The maximum Gasteiger partial charge on any atom is 0.0159 e. The van der Waals surface area contributed by atoms with E-state index in [1.165, 1.54) is 99.1 Å². The van der Waals surface area contributed by atoms with E-state index in [1.807, 2.05) is 0 Å². The number of benzene rings is 8. The van der Waals surface area contributed by atoms with Gasteiger partial charge in [-0.1, -0.05) is 147 Å². The Labute approximate surface area is 269 Å². The number of hydrogen-bond acceptors (Lipinski definition) is 0. The van der Waals surface area contributed by atoms with E-state index in [0.717, 1.165) is 6.42 Å². The molecule has 0 N–H and O–H groups in total. The summed E-state index contributed by atoms with van der Waals surface area (Å²) in [6.45, 7) is 4.74. The van der Waals surface area contributed by atoms with E-state index in [0.29, 0.717) is 0 Å². The highest BCUT2D eigenvalue weighted by Crippen LogP contribution is 2.51. The molecule has 10 rings (SSSR count). The van der Waals surface area contributed by atoms with E-state index in [-0.39, 0.29) is 5.41 Å². The van der Waals surface area contributed by atoms with E-state index in [1.54, 1.807) is 0 Å². The van der Waals surface area contributed by atoms with Crippen molar-refractivity contribution in [3.05, 3.63) is 168 Å². The summed E-state index contributed by atoms with van der Waals surface area (Å²) in [6, 6.07) is 54.7. The Morgan fingerprint density at radius 1 is 0.348 bits per heavy atom. The second kappa shape index (κ2) is 9.28. The van der Waals surface area contributed by atoms with Gasteiger partial charge in [-0.3, -0.25) is 0 Å². The van der Waals surface area contributed by atoms with Crippen molar-refractivity contribution < 1.29 is 0 Å². The first-order chi connectivity index (χ1) is 22.6. The van der Waals surface area contributed by atoms with Gasteiger partial charge in [0.25, 0.3) is 0 Å². The van der Waals surface area contributed by atoms with Crippen molar-refractivity contribution in [3.63, 3.8) is 0 Å². The lowest BCUT2D eigenvalue weighted by Crippen LogP contribution is -2.14. The van der Waals surface area contributed by atoms with Gasteiger partial charge in [0.15, 0.2) is 0 Å². The van der Waals surface area contributed by atoms with E-state index in [4.69, 9.17) is 0 Å². The molecule has 0 heteroatoms. The number of hydrogen-bond donors (Lipinski definition) is 0. The van der Waals surface area contributed by atoms with Crippen LogP contribution < -0.4 is 0 Å². The largest absolute Gasteiger partial charge is 0.0619 e. The van der Waals surface area contributed by atoms with E-state index in [2.05, 4.69) is 159 Å². The molecule has 0 nitrogen and oxygen atoms in total. The summed E-state index contributed by atoms with van der Waals surface area (Å²) < 4.78 is 0. The highest BCUT2D eigenvalue weighted by atomic mass is 14.4. The van der Waals surface area contributed by atoms with Gasteiger partial charge in [0.05, 0.1) is 0 Å². The van der Waals surface area contributed by atoms with Crippen molar-refractivity contribution >= 4 is 32.3 Å². The fourth-order valence-corrected chi connectivity index (χ4v) is 8.72. The van der Waals surface area contributed by atoms with Crippen molar-refractivity contribution in [3.8, 4) is 44.5 Å². The van der Waals surface area contributed by atoms with Gasteiger partial charge < -0.3 is 0 Å². The minimum atomic E-state index is -0.0123. The maximum absolute atomic E-state index is 2.47. The lowest BCUT2D eigenvalue weighted by molar-refractivity contribution is 0.660. The molecule has 0 saturated heterocycles. The Balaban J connectivity index is 1.11. The predicted octanol–water partition coefficient (Wildman–Crippen LogP) is 12.4. The Hall–Kier alpha value is -5.46. The summed E-state index contributed by atoms with van der Waals surface area (Å²) in [5.41, 5.74) is 16.5. The topological polar surface area (TPSA) is 0 Å². The predicted molar refractivity (Wildman–Crippen MR) is 196 cm³/mol. The van der Waals surface area contributed by atoms with Crippen LogP contribution in [0.3, 0.4) is 0 Å². The molecular weight excluding hydrogens is 553 g/mol. The molecule has 46 heavy (non-hydrogen) atoms. The molecule has 0 atom stereocenters. The van der Waals surface area contributed by atoms with E-state index in [9.17, 15) is 0 Å². The van der Waals surface area contributed by atoms with Gasteiger partial charge in [-0.2, -0.15) is 0 Å². The van der Waals surface area contributed by atoms with Gasteiger partial charge in [-0.05, 0) is 118 Å². The molecule has 8 aromatic carbocycles. The molecule has 0 bridgehead atoms. The number of fused-ring (bicyclic) bond motifs is 12. The molecule has 0 amide bonds. The van der Waals surface area contributed by atoms with Crippen LogP contribution in [-0.2, 0) is 11.8 Å². The van der Waals surface area contributed by atoms with Crippen LogP contribution in [0.25, 0.3) is 76.8 Å². The van der Waals surface area contributed by atoms with Crippen molar-refractivity contribution in [1.29, 1.82) is 0 Å². The number of rotatable bonds is 2. The van der Waals surface area contributed by atoms with E-state index < -0.39 is 0 Å². The first-order valence-corrected chi connectivity index (χ1v) is 16.4. The van der Waals surface area contributed by atoms with Gasteiger partial charge in [0, 0.05) is 5.41 Å². The van der Waals surface area contributed by atoms with Gasteiger partial charge in [0.1, 0.15) is 0 Å². The van der Waals surface area contributed by atoms with Gasteiger partial charge in [-0.25, -0.2) is 0 Å². The Morgan fingerprint density at radius 2 is 0.804 bits per heavy atom. The summed E-state index contributed by atoms with van der Waals surface area (Å²) in [5, 5.41) is 7.91. The van der Waals surface area contributed by atoms with E-state index >= 15 is 0 Å². The molecule has 0 fully saturated rings. The molecule has 0 radical (unpaired) electrons. The standard InChI is InChI=1S/C46H32/c1-46(2)44-20-8-7-15-39(44)40-24-22-29(26-45(40)46)31-17-10-19-37-36-18-9-16-30(42(36)27-43(31)37)28-21-23-38-34-13-4-3-11-32(34)33-12-5-6-14-35(33)41(38)25-28/h3-26H,27H2,1-2H3. The summed E-state index contributed by atoms with van der Waals surface area (Å²) in [6.07, 6.45) is 0.939. The molecule has 0 spiro atoms. The smallest absolute Gasteiger partial charge is 0.0159 e. The van der Waals surface area contributed by atoms with Crippen molar-refractivity contribution in [2.75, 3.05) is 0 Å². The molecule has 0 aliphatic heterocycles. The summed E-state index contributed by atoms with van der Waals surface area (Å²) in [5.74, 6) is 0. The average Bonchev–Trinajstić information content (AvgIpc) is 3.60. The Bertz CT molecular complexity index is 2540. The van der Waals surface area contributed by atoms with Crippen molar-refractivity contribution in [2.24, 2.45) is 0 Å². The molecule has 2 aliphatic carbocycles. The zero-order valence-electron chi connectivity index (χ0n) is 26.1. The highest BCUT2D eigenvalue weighted by molar-refractivity contribution is 6.25. The molecule has 2 aliphatic rings. The lowest BCUT2D eigenvalue weighted by atomic mass is 9.81. The molecule has 216 valence electrons. The molecular formula is C46H32. The SMILES string of the molecule is CC1(C)c2ccccc2-c2ccc(-c3cccc4c3Cc3c(-c5ccc6c7ccccc7c7ccccc7c6c5)cccc3-4)cc21. The van der Waals surface area contributed by atoms with Crippen LogP contribution in [0.5, 0.6) is 0 Å². The van der Waals surface area contributed by atoms with Gasteiger partial charge in [0.2, 0.25) is 0 Å².